The number of thioether (sulfide) groups is 1. The lowest BCUT2D eigenvalue weighted by Gasteiger charge is -2.32. The molecule has 1 saturated heterocycles. The molecule has 0 bridgehead atoms. The average Bonchev–Trinajstić information content (AvgIpc) is 3.37. The summed E-state index contributed by atoms with van der Waals surface area (Å²) in [4.78, 5) is 13.0. The van der Waals surface area contributed by atoms with Crippen LogP contribution in [0.25, 0.3) is 16.6 Å². The maximum absolute atomic E-state index is 13.1. The van der Waals surface area contributed by atoms with Gasteiger partial charge in [0.1, 0.15) is 0 Å². The van der Waals surface area contributed by atoms with E-state index in [2.05, 4.69) is 15.5 Å². The second kappa shape index (κ2) is 11.0. The van der Waals surface area contributed by atoms with E-state index in [1.54, 1.807) is 42.8 Å². The Labute approximate surface area is 231 Å². The van der Waals surface area contributed by atoms with E-state index in [4.69, 9.17) is 9.47 Å². The van der Waals surface area contributed by atoms with Gasteiger partial charge in [-0.05, 0) is 68.7 Å². The van der Waals surface area contributed by atoms with Crippen LogP contribution in [0, 0.1) is 6.92 Å². The zero-order chi connectivity index (χ0) is 27.7. The second-order valence-electron chi connectivity index (χ2n) is 9.56. The molecule has 0 radical (unpaired) electrons. The van der Waals surface area contributed by atoms with Crippen LogP contribution in [0.15, 0.2) is 52.5 Å². The van der Waals surface area contributed by atoms with Crippen LogP contribution < -0.4 is 14.8 Å². The fraction of sp³-hybridized carbons (Fsp3) is 0.370. The summed E-state index contributed by atoms with van der Waals surface area (Å²) in [7, 11) is -0.393. The normalized spacial score (nSPS) is 16.5. The number of piperidine rings is 1. The standard InChI is InChI=1S/C27H31N5O5S2/c1-17-13-19-14-23(36-3)24(37-4)15-22(19)32-26(17)29-30-27(32)38-16-25(33)28-20-8-10-21(11-9-20)39(34,35)31-12-6-5-7-18(31)2/h8-11,13-15,18H,5-7,12,16H2,1-4H3,(H,28,33). The third-order valence-corrected chi connectivity index (χ3v) is 9.91. The molecule has 3 heterocycles. The zero-order valence-electron chi connectivity index (χ0n) is 22.3. The van der Waals surface area contributed by atoms with Gasteiger partial charge in [0.05, 0.1) is 30.4 Å². The molecule has 5 rings (SSSR count). The maximum atomic E-state index is 13.1. The Balaban J connectivity index is 1.31. The number of anilines is 1. The lowest BCUT2D eigenvalue weighted by atomic mass is 10.1. The number of nitrogens with zero attached hydrogens (tertiary/aromatic N) is 4. The Kier molecular flexibility index (Phi) is 7.70. The monoisotopic (exact) mass is 569 g/mol. The van der Waals surface area contributed by atoms with E-state index in [1.807, 2.05) is 36.4 Å². The number of rotatable bonds is 8. The topological polar surface area (TPSA) is 115 Å². The van der Waals surface area contributed by atoms with Crippen molar-refractivity contribution in [3.05, 3.63) is 48.0 Å². The third kappa shape index (κ3) is 5.28. The summed E-state index contributed by atoms with van der Waals surface area (Å²) in [6.07, 6.45) is 2.77. The van der Waals surface area contributed by atoms with E-state index in [9.17, 15) is 13.2 Å². The minimum atomic E-state index is -3.57. The summed E-state index contributed by atoms with van der Waals surface area (Å²) in [6.45, 7) is 4.43. The Bertz CT molecular complexity index is 1640. The molecule has 1 aliphatic heterocycles. The van der Waals surface area contributed by atoms with Crippen LogP contribution in [0.5, 0.6) is 11.5 Å². The Morgan fingerprint density at radius 3 is 2.49 bits per heavy atom. The predicted octanol–water partition coefficient (Wildman–Crippen LogP) is 4.50. The van der Waals surface area contributed by atoms with Gasteiger partial charge in [0.25, 0.3) is 0 Å². The first-order valence-corrected chi connectivity index (χ1v) is 15.1. The quantitative estimate of drug-likeness (QED) is 0.309. The van der Waals surface area contributed by atoms with Gasteiger partial charge in [-0.25, -0.2) is 8.42 Å². The number of carbonyl (C=O) groups is 1. The number of ether oxygens (including phenoxy) is 2. The van der Waals surface area contributed by atoms with Crippen LogP contribution in [0.3, 0.4) is 0 Å². The molecule has 2 aromatic carbocycles. The predicted molar refractivity (Wildman–Crippen MR) is 151 cm³/mol. The van der Waals surface area contributed by atoms with Crippen molar-refractivity contribution >= 4 is 49.9 Å². The van der Waals surface area contributed by atoms with Gasteiger partial charge in [0.15, 0.2) is 22.3 Å². The number of pyridine rings is 1. The molecule has 1 atom stereocenters. The zero-order valence-corrected chi connectivity index (χ0v) is 23.9. The number of hydrogen-bond acceptors (Lipinski definition) is 8. The van der Waals surface area contributed by atoms with Crippen LogP contribution >= 0.6 is 11.8 Å². The van der Waals surface area contributed by atoms with Gasteiger partial charge in [-0.15, -0.1) is 10.2 Å². The molecule has 39 heavy (non-hydrogen) atoms. The van der Waals surface area contributed by atoms with E-state index < -0.39 is 10.0 Å². The summed E-state index contributed by atoms with van der Waals surface area (Å²) in [5, 5.41) is 13.0. The highest BCUT2D eigenvalue weighted by Crippen LogP contribution is 2.35. The molecule has 1 aliphatic rings. The van der Waals surface area contributed by atoms with Crippen molar-refractivity contribution < 1.29 is 22.7 Å². The maximum Gasteiger partial charge on any atom is 0.243 e. The van der Waals surface area contributed by atoms with Crippen LogP contribution in [-0.4, -0.2) is 65.8 Å². The van der Waals surface area contributed by atoms with Crippen LogP contribution in [0.1, 0.15) is 31.7 Å². The number of fused-ring (bicyclic) bond motifs is 3. The summed E-state index contributed by atoms with van der Waals surface area (Å²) in [6, 6.07) is 12.1. The van der Waals surface area contributed by atoms with Crippen molar-refractivity contribution in [1.82, 2.24) is 18.9 Å². The van der Waals surface area contributed by atoms with Crippen molar-refractivity contribution in [3.8, 4) is 11.5 Å². The largest absolute Gasteiger partial charge is 0.493 e. The highest BCUT2D eigenvalue weighted by atomic mass is 32.2. The second-order valence-corrected chi connectivity index (χ2v) is 12.4. The fourth-order valence-corrected chi connectivity index (χ4v) is 7.37. The first kappa shape index (κ1) is 27.2. The number of amides is 1. The molecule has 0 aliphatic carbocycles. The summed E-state index contributed by atoms with van der Waals surface area (Å²) < 4.78 is 40.5. The molecule has 2 aromatic heterocycles. The first-order valence-electron chi connectivity index (χ1n) is 12.7. The molecule has 206 valence electrons. The highest BCUT2D eigenvalue weighted by molar-refractivity contribution is 7.99. The van der Waals surface area contributed by atoms with Gasteiger partial charge in [0.2, 0.25) is 15.9 Å². The van der Waals surface area contributed by atoms with Crippen LogP contribution in [0.4, 0.5) is 5.69 Å². The van der Waals surface area contributed by atoms with E-state index in [-0.39, 0.29) is 22.6 Å². The van der Waals surface area contributed by atoms with E-state index in [1.165, 1.54) is 11.8 Å². The Morgan fingerprint density at radius 2 is 1.79 bits per heavy atom. The smallest absolute Gasteiger partial charge is 0.243 e. The number of aryl methyl sites for hydroxylation is 1. The molecule has 12 heteroatoms. The number of hydrogen-bond donors (Lipinski definition) is 1. The number of nitrogens with one attached hydrogen (secondary N) is 1. The van der Waals surface area contributed by atoms with Gasteiger partial charge in [-0.3, -0.25) is 9.20 Å². The third-order valence-electron chi connectivity index (χ3n) is 6.95. The molecule has 10 nitrogen and oxygen atoms in total. The summed E-state index contributed by atoms with van der Waals surface area (Å²) in [5.41, 5.74) is 2.99. The fourth-order valence-electron chi connectivity index (χ4n) is 4.93. The molecule has 4 aromatic rings. The molecule has 1 unspecified atom stereocenters. The van der Waals surface area contributed by atoms with Gasteiger partial charge in [-0.2, -0.15) is 4.31 Å². The van der Waals surface area contributed by atoms with Crippen molar-refractivity contribution in [3.63, 3.8) is 0 Å². The average molecular weight is 570 g/mol. The van der Waals surface area contributed by atoms with Crippen molar-refractivity contribution in [2.24, 2.45) is 0 Å². The van der Waals surface area contributed by atoms with Crippen molar-refractivity contribution in [2.75, 3.05) is 31.8 Å². The van der Waals surface area contributed by atoms with Gasteiger partial charge >= 0.3 is 0 Å². The number of carbonyl (C=O) groups excluding carboxylic acids is 1. The lowest BCUT2D eigenvalue weighted by molar-refractivity contribution is -0.113. The summed E-state index contributed by atoms with van der Waals surface area (Å²) >= 11 is 1.26. The molecule has 0 saturated carbocycles. The molecular formula is C27H31N5O5S2. The Hall–Kier alpha value is -3.35. The van der Waals surface area contributed by atoms with E-state index in [0.717, 1.165) is 35.7 Å². The molecule has 1 fully saturated rings. The van der Waals surface area contributed by atoms with Crippen molar-refractivity contribution in [1.29, 1.82) is 0 Å². The van der Waals surface area contributed by atoms with Crippen LogP contribution in [-0.2, 0) is 14.8 Å². The number of methoxy groups -OCH3 is 2. The minimum Gasteiger partial charge on any atom is -0.493 e. The number of sulfonamides is 1. The Morgan fingerprint density at radius 1 is 1.08 bits per heavy atom. The summed E-state index contributed by atoms with van der Waals surface area (Å²) in [5.74, 6) is 1.05. The molecule has 0 spiro atoms. The number of aromatic nitrogens is 3. The SMILES string of the molecule is COc1cc2cc(C)c3nnc(SCC(=O)Nc4ccc(S(=O)(=O)N5CCCCC5C)cc4)n3c2cc1OC. The first-order chi connectivity index (χ1) is 18.7. The van der Waals surface area contributed by atoms with E-state index >= 15 is 0 Å². The van der Waals surface area contributed by atoms with Gasteiger partial charge in [-0.1, -0.05) is 18.2 Å². The number of benzene rings is 2. The van der Waals surface area contributed by atoms with Crippen LogP contribution in [0.2, 0.25) is 0 Å². The molecule has 1 amide bonds. The lowest BCUT2D eigenvalue weighted by Crippen LogP contribution is -2.41. The van der Waals surface area contributed by atoms with Gasteiger partial charge < -0.3 is 14.8 Å². The molecular weight excluding hydrogens is 538 g/mol. The highest BCUT2D eigenvalue weighted by Gasteiger charge is 2.30. The van der Waals surface area contributed by atoms with Crippen molar-refractivity contribution in [2.45, 2.75) is 49.2 Å². The molecule has 1 N–H and O–H groups in total. The van der Waals surface area contributed by atoms with E-state index in [0.29, 0.717) is 34.5 Å². The van der Waals surface area contributed by atoms with Gasteiger partial charge in [0, 0.05) is 29.7 Å². The minimum absolute atomic E-state index is 0.0163.